The van der Waals surface area contributed by atoms with E-state index in [0.717, 1.165) is 50.5 Å². The molecule has 1 amide bonds. The Morgan fingerprint density at radius 1 is 1.16 bits per heavy atom. The first-order valence-corrected chi connectivity index (χ1v) is 10.0. The molecule has 4 heterocycles. The number of aliphatic carboxylic acids is 2. The van der Waals surface area contributed by atoms with Crippen molar-refractivity contribution < 1.29 is 29.1 Å². The molecule has 2 saturated heterocycles. The number of nitrogens with zero attached hydrogens (tertiary/aromatic N) is 5. The Balaban J connectivity index is 0.000000401. The van der Waals surface area contributed by atoms with Crippen molar-refractivity contribution in [2.24, 2.45) is 5.92 Å². The average molecular weight is 431 g/mol. The molecule has 166 valence electrons. The molecule has 31 heavy (non-hydrogen) atoms. The monoisotopic (exact) mass is 431 g/mol. The summed E-state index contributed by atoms with van der Waals surface area (Å²) in [5, 5.41) is 18.8. The molecule has 0 spiro atoms. The second kappa shape index (κ2) is 10.1. The molecule has 0 aliphatic carbocycles. The van der Waals surface area contributed by atoms with Crippen LogP contribution in [0.1, 0.15) is 31.6 Å². The fourth-order valence-electron chi connectivity index (χ4n) is 3.42. The summed E-state index contributed by atoms with van der Waals surface area (Å²) < 4.78 is 5.39. The Morgan fingerprint density at radius 3 is 2.42 bits per heavy atom. The molecule has 0 aromatic carbocycles. The number of hydrogen-bond donors (Lipinski definition) is 2. The minimum Gasteiger partial charge on any atom is -0.473 e. The van der Waals surface area contributed by atoms with Crippen molar-refractivity contribution in [2.45, 2.75) is 25.7 Å². The van der Waals surface area contributed by atoms with E-state index in [9.17, 15) is 4.79 Å². The van der Waals surface area contributed by atoms with Crippen LogP contribution in [0.4, 0.5) is 0 Å². The highest BCUT2D eigenvalue weighted by atomic mass is 16.5. The molecule has 0 bridgehead atoms. The van der Waals surface area contributed by atoms with Crippen LogP contribution >= 0.6 is 0 Å². The number of rotatable bonds is 4. The van der Waals surface area contributed by atoms with Gasteiger partial charge in [-0.05, 0) is 30.9 Å². The van der Waals surface area contributed by atoms with Crippen molar-refractivity contribution in [3.8, 4) is 11.4 Å². The zero-order valence-corrected chi connectivity index (χ0v) is 17.2. The fraction of sp³-hybridized carbons (Fsp3) is 0.500. The van der Waals surface area contributed by atoms with Gasteiger partial charge in [-0.25, -0.2) is 9.59 Å². The van der Waals surface area contributed by atoms with Crippen LogP contribution in [-0.2, 0) is 14.4 Å². The molecular formula is C20H25N5O6. The van der Waals surface area contributed by atoms with E-state index in [2.05, 4.69) is 26.9 Å². The maximum Gasteiger partial charge on any atom is 0.414 e. The molecule has 4 rings (SSSR count). The third-order valence-corrected chi connectivity index (χ3v) is 5.35. The number of hydrogen-bond acceptors (Lipinski definition) is 8. The second-order valence-electron chi connectivity index (χ2n) is 7.76. The molecule has 2 N–H and O–H groups in total. The molecule has 2 aromatic rings. The number of likely N-dealkylation sites (tertiary alicyclic amines) is 2. The molecule has 0 atom stereocenters. The summed E-state index contributed by atoms with van der Waals surface area (Å²) in [5.74, 6) is -1.23. The lowest BCUT2D eigenvalue weighted by Gasteiger charge is -2.38. The SMILES string of the molecule is CC1CCN(C(=O)CN2CC(c3nc(-c4cccnc4)no3)C2)CC1.O=C(O)C(=O)O. The molecule has 0 saturated carbocycles. The summed E-state index contributed by atoms with van der Waals surface area (Å²) >= 11 is 0. The number of piperidine rings is 1. The van der Waals surface area contributed by atoms with E-state index in [1.807, 2.05) is 17.0 Å². The highest BCUT2D eigenvalue weighted by Crippen LogP contribution is 2.27. The van der Waals surface area contributed by atoms with Crippen LogP contribution in [0.25, 0.3) is 11.4 Å². The first kappa shape index (κ1) is 22.3. The molecule has 2 fully saturated rings. The second-order valence-corrected chi connectivity index (χ2v) is 7.76. The standard InChI is InChI=1S/C18H23N5O2.C2H2O4/c1-13-4-7-23(8-5-13)16(24)12-22-10-15(11-22)18-20-17(21-25-18)14-3-2-6-19-9-14;3-1(4)2(5)6/h2-3,6,9,13,15H,4-5,7-8,10-12H2,1H3;(H,3,4)(H,5,6). The van der Waals surface area contributed by atoms with Crippen molar-refractivity contribution in [3.63, 3.8) is 0 Å². The van der Waals surface area contributed by atoms with Gasteiger partial charge in [-0.2, -0.15) is 4.98 Å². The number of carboxylic acid groups (broad SMARTS) is 2. The highest BCUT2D eigenvalue weighted by molar-refractivity contribution is 6.27. The Bertz CT molecular complexity index is 892. The molecule has 0 radical (unpaired) electrons. The van der Waals surface area contributed by atoms with Crippen LogP contribution in [-0.4, -0.2) is 85.7 Å². The first-order chi connectivity index (χ1) is 14.8. The number of amides is 1. The van der Waals surface area contributed by atoms with E-state index >= 15 is 0 Å². The van der Waals surface area contributed by atoms with Crippen LogP contribution < -0.4 is 0 Å². The van der Waals surface area contributed by atoms with E-state index in [0.29, 0.717) is 18.3 Å². The van der Waals surface area contributed by atoms with E-state index in [1.54, 1.807) is 12.4 Å². The van der Waals surface area contributed by atoms with Crippen molar-refractivity contribution in [1.82, 2.24) is 24.9 Å². The first-order valence-electron chi connectivity index (χ1n) is 10.0. The van der Waals surface area contributed by atoms with Crippen LogP contribution in [0.5, 0.6) is 0 Å². The van der Waals surface area contributed by atoms with Gasteiger partial charge in [-0.1, -0.05) is 12.1 Å². The number of pyridine rings is 1. The van der Waals surface area contributed by atoms with E-state index < -0.39 is 11.9 Å². The average Bonchev–Trinajstić information content (AvgIpc) is 3.21. The zero-order chi connectivity index (χ0) is 22.4. The number of carbonyl (C=O) groups excluding carboxylic acids is 1. The van der Waals surface area contributed by atoms with E-state index in [4.69, 9.17) is 24.3 Å². The Kier molecular flexibility index (Phi) is 7.29. The van der Waals surface area contributed by atoms with Crippen molar-refractivity contribution >= 4 is 17.8 Å². The minimum atomic E-state index is -1.82. The molecule has 2 aliphatic rings. The van der Waals surface area contributed by atoms with Crippen molar-refractivity contribution in [3.05, 3.63) is 30.4 Å². The van der Waals surface area contributed by atoms with E-state index in [-0.39, 0.29) is 11.8 Å². The van der Waals surface area contributed by atoms with E-state index in [1.165, 1.54) is 0 Å². The van der Waals surface area contributed by atoms with Gasteiger partial charge in [0.05, 0.1) is 12.5 Å². The lowest BCUT2D eigenvalue weighted by Crippen LogP contribution is -2.51. The smallest absolute Gasteiger partial charge is 0.414 e. The summed E-state index contributed by atoms with van der Waals surface area (Å²) in [6.07, 6.45) is 5.68. The van der Waals surface area contributed by atoms with Gasteiger partial charge in [0.25, 0.3) is 0 Å². The molecule has 11 nitrogen and oxygen atoms in total. The Labute approximate surface area is 178 Å². The lowest BCUT2D eigenvalue weighted by molar-refractivity contribution is -0.159. The van der Waals surface area contributed by atoms with Crippen LogP contribution in [0.15, 0.2) is 29.0 Å². The highest BCUT2D eigenvalue weighted by Gasteiger charge is 2.34. The predicted octanol–water partition coefficient (Wildman–Crippen LogP) is 0.945. The predicted molar refractivity (Wildman–Crippen MR) is 107 cm³/mol. The number of carbonyl (C=O) groups is 3. The summed E-state index contributed by atoms with van der Waals surface area (Å²) in [5.41, 5.74) is 0.850. The van der Waals surface area contributed by atoms with Gasteiger partial charge in [-0.15, -0.1) is 0 Å². The minimum absolute atomic E-state index is 0.215. The summed E-state index contributed by atoms with van der Waals surface area (Å²) in [7, 11) is 0. The van der Waals surface area contributed by atoms with Gasteiger partial charge >= 0.3 is 11.9 Å². The number of aromatic nitrogens is 3. The van der Waals surface area contributed by atoms with Gasteiger partial charge < -0.3 is 19.6 Å². The topological polar surface area (TPSA) is 150 Å². The third kappa shape index (κ3) is 6.07. The van der Waals surface area contributed by atoms with Gasteiger partial charge in [0.15, 0.2) is 0 Å². The largest absolute Gasteiger partial charge is 0.473 e. The molecule has 0 unspecified atom stereocenters. The van der Waals surface area contributed by atoms with Crippen LogP contribution in [0.2, 0.25) is 0 Å². The maximum absolute atomic E-state index is 12.4. The van der Waals surface area contributed by atoms with Gasteiger partial charge in [0.2, 0.25) is 17.6 Å². The van der Waals surface area contributed by atoms with Gasteiger partial charge in [0.1, 0.15) is 0 Å². The summed E-state index contributed by atoms with van der Waals surface area (Å²) in [4.78, 5) is 43.3. The molecular weight excluding hydrogens is 406 g/mol. The molecule has 11 heteroatoms. The molecule has 2 aliphatic heterocycles. The summed E-state index contributed by atoms with van der Waals surface area (Å²) in [6, 6.07) is 3.76. The summed E-state index contributed by atoms with van der Waals surface area (Å²) in [6.45, 7) is 6.14. The van der Waals surface area contributed by atoms with Crippen LogP contribution in [0.3, 0.4) is 0 Å². The number of carboxylic acids is 2. The van der Waals surface area contributed by atoms with Gasteiger partial charge in [-0.3, -0.25) is 14.7 Å². The fourth-order valence-corrected chi connectivity index (χ4v) is 3.42. The van der Waals surface area contributed by atoms with Crippen molar-refractivity contribution in [1.29, 1.82) is 0 Å². The zero-order valence-electron chi connectivity index (χ0n) is 17.2. The Hall–Kier alpha value is -3.34. The molecule has 2 aromatic heterocycles. The Morgan fingerprint density at radius 2 is 1.84 bits per heavy atom. The van der Waals surface area contributed by atoms with Crippen molar-refractivity contribution in [2.75, 3.05) is 32.7 Å². The third-order valence-electron chi connectivity index (χ3n) is 5.35. The van der Waals surface area contributed by atoms with Gasteiger partial charge in [0, 0.05) is 44.1 Å². The normalized spacial score (nSPS) is 17.4. The maximum atomic E-state index is 12.4. The van der Waals surface area contributed by atoms with Crippen LogP contribution in [0, 0.1) is 5.92 Å². The quantitative estimate of drug-likeness (QED) is 0.670. The lowest BCUT2D eigenvalue weighted by atomic mass is 9.98.